The fourth-order valence-corrected chi connectivity index (χ4v) is 0.899. The van der Waals surface area contributed by atoms with Crippen molar-refractivity contribution >= 4 is 0 Å². The van der Waals surface area contributed by atoms with Crippen molar-refractivity contribution in [2.45, 2.75) is 6.54 Å². The largest absolute Gasteiger partial charge is 0.375 e. The smallest absolute Gasteiger partial charge is 0.135 e. The Morgan fingerprint density at radius 1 is 1.33 bits per heavy atom. The van der Waals surface area contributed by atoms with Crippen LogP contribution in [0.5, 0.6) is 0 Å². The molecular weight excluding hydrogens is 156 g/mol. The summed E-state index contributed by atoms with van der Waals surface area (Å²) in [6, 6.07) is 9.37. The molecule has 0 saturated heterocycles. The lowest BCUT2D eigenvalue weighted by molar-refractivity contribution is 0.102. The minimum Gasteiger partial charge on any atom is -0.375 e. The second kappa shape index (κ2) is 4.46. The topological polar surface area (TPSA) is 52.9 Å². The molecule has 0 fully saturated rings. The lowest BCUT2D eigenvalue weighted by Crippen LogP contribution is -2.16. The van der Waals surface area contributed by atoms with Crippen LogP contribution in [0.1, 0.15) is 5.56 Å². The van der Waals surface area contributed by atoms with Gasteiger partial charge in [0.15, 0.2) is 0 Å². The fraction of sp³-hybridized carbons (Fsp3) is 0.250. The molecule has 1 aromatic carbocycles. The van der Waals surface area contributed by atoms with Gasteiger partial charge in [-0.15, -0.1) is 4.91 Å². The van der Waals surface area contributed by atoms with Gasteiger partial charge in [-0.25, -0.2) is 5.01 Å². The van der Waals surface area contributed by atoms with E-state index in [2.05, 4.69) is 5.29 Å². The van der Waals surface area contributed by atoms with Crippen LogP contribution in [0.4, 0.5) is 0 Å². The van der Waals surface area contributed by atoms with E-state index in [1.165, 1.54) is 0 Å². The molecule has 1 N–H and O–H groups in total. The average molecular weight is 166 g/mol. The molecule has 12 heavy (non-hydrogen) atoms. The molecule has 0 saturated carbocycles. The van der Waals surface area contributed by atoms with Crippen LogP contribution in [0.2, 0.25) is 0 Å². The SMILES string of the molecule is O=NN(CO)Cc1ccccc1. The molecule has 0 aromatic heterocycles. The van der Waals surface area contributed by atoms with Gasteiger partial charge < -0.3 is 5.11 Å². The summed E-state index contributed by atoms with van der Waals surface area (Å²) >= 11 is 0. The minimum atomic E-state index is -0.349. The predicted octanol–water partition coefficient (Wildman–Crippen LogP) is 1.12. The highest BCUT2D eigenvalue weighted by Crippen LogP contribution is 2.02. The Bertz CT molecular complexity index is 238. The third-order valence-corrected chi connectivity index (χ3v) is 1.49. The number of nitrogens with zero attached hydrogens (tertiary/aromatic N) is 2. The van der Waals surface area contributed by atoms with Crippen LogP contribution in [0.3, 0.4) is 0 Å². The van der Waals surface area contributed by atoms with Crippen LogP contribution in [-0.2, 0) is 6.54 Å². The summed E-state index contributed by atoms with van der Waals surface area (Å²) in [5.74, 6) is 0. The van der Waals surface area contributed by atoms with Gasteiger partial charge in [0, 0.05) is 0 Å². The fourth-order valence-electron chi connectivity index (χ4n) is 0.899. The molecule has 0 bridgehead atoms. The molecule has 64 valence electrons. The Kier molecular flexibility index (Phi) is 3.22. The van der Waals surface area contributed by atoms with Crippen molar-refractivity contribution in [2.75, 3.05) is 6.73 Å². The van der Waals surface area contributed by atoms with Crippen molar-refractivity contribution in [3.05, 3.63) is 40.8 Å². The molecule has 0 spiro atoms. The molecular formula is C8H10N2O2. The highest BCUT2D eigenvalue weighted by atomic mass is 16.3. The van der Waals surface area contributed by atoms with Crippen LogP contribution in [0, 0.1) is 4.91 Å². The molecule has 4 nitrogen and oxygen atoms in total. The van der Waals surface area contributed by atoms with Gasteiger partial charge in [-0.2, -0.15) is 0 Å². The summed E-state index contributed by atoms with van der Waals surface area (Å²) in [6.45, 7) is -0.000760. The Hall–Kier alpha value is -1.42. The Morgan fingerprint density at radius 3 is 2.50 bits per heavy atom. The number of hydrogen-bond donors (Lipinski definition) is 1. The van der Waals surface area contributed by atoms with Crippen molar-refractivity contribution in [3.63, 3.8) is 0 Å². The number of rotatable bonds is 4. The molecule has 0 amide bonds. The highest BCUT2D eigenvalue weighted by Gasteiger charge is 2.00. The first-order valence-electron chi connectivity index (χ1n) is 3.60. The predicted molar refractivity (Wildman–Crippen MR) is 44.9 cm³/mol. The van der Waals surface area contributed by atoms with Crippen LogP contribution in [0.15, 0.2) is 35.6 Å². The Balaban J connectivity index is 2.56. The van der Waals surface area contributed by atoms with E-state index >= 15 is 0 Å². The van der Waals surface area contributed by atoms with Gasteiger partial charge in [0.05, 0.1) is 11.8 Å². The van der Waals surface area contributed by atoms with E-state index in [1.807, 2.05) is 30.3 Å². The number of nitroso groups, excluding NO2 is 1. The second-order valence-electron chi connectivity index (χ2n) is 2.37. The van der Waals surface area contributed by atoms with Gasteiger partial charge in [0.25, 0.3) is 0 Å². The first-order chi connectivity index (χ1) is 5.86. The maximum absolute atomic E-state index is 10.1. The number of aliphatic hydroxyl groups excluding tert-OH is 1. The van der Waals surface area contributed by atoms with Gasteiger partial charge >= 0.3 is 0 Å². The third kappa shape index (κ3) is 2.32. The van der Waals surface area contributed by atoms with Crippen molar-refractivity contribution < 1.29 is 5.11 Å². The summed E-state index contributed by atoms with van der Waals surface area (Å²) < 4.78 is 0. The number of aliphatic hydroxyl groups is 1. The van der Waals surface area contributed by atoms with Crippen LogP contribution >= 0.6 is 0 Å². The summed E-state index contributed by atoms with van der Waals surface area (Å²) in [7, 11) is 0. The molecule has 4 heteroatoms. The lowest BCUT2D eigenvalue weighted by Gasteiger charge is -2.10. The van der Waals surface area contributed by atoms with Crippen molar-refractivity contribution in [1.82, 2.24) is 5.01 Å². The van der Waals surface area contributed by atoms with E-state index in [0.717, 1.165) is 10.6 Å². The maximum atomic E-state index is 10.1. The quantitative estimate of drug-likeness (QED) is 0.414. The van der Waals surface area contributed by atoms with Crippen molar-refractivity contribution in [1.29, 1.82) is 0 Å². The summed E-state index contributed by atoms with van der Waals surface area (Å²) in [5, 5.41) is 12.3. The zero-order valence-electron chi connectivity index (χ0n) is 6.55. The van der Waals surface area contributed by atoms with Crippen molar-refractivity contribution in [3.8, 4) is 0 Å². The molecule has 0 aliphatic rings. The average Bonchev–Trinajstić information content (AvgIpc) is 2.16. The minimum absolute atomic E-state index is 0.348. The second-order valence-corrected chi connectivity index (χ2v) is 2.37. The summed E-state index contributed by atoms with van der Waals surface area (Å²) in [4.78, 5) is 10.1. The van der Waals surface area contributed by atoms with E-state index in [-0.39, 0.29) is 6.73 Å². The zero-order chi connectivity index (χ0) is 8.81. The normalized spacial score (nSPS) is 9.42. The van der Waals surface area contributed by atoms with Crippen LogP contribution in [0.25, 0.3) is 0 Å². The third-order valence-electron chi connectivity index (χ3n) is 1.49. The summed E-state index contributed by atoms with van der Waals surface area (Å²) in [6.07, 6.45) is 0. The van der Waals surface area contributed by atoms with Gasteiger partial charge in [-0.3, -0.25) is 0 Å². The molecule has 1 rings (SSSR count). The number of benzene rings is 1. The molecule has 0 atom stereocenters. The van der Waals surface area contributed by atoms with E-state index in [1.54, 1.807) is 0 Å². The molecule has 0 unspecified atom stereocenters. The Morgan fingerprint density at radius 2 is 2.00 bits per heavy atom. The zero-order valence-corrected chi connectivity index (χ0v) is 6.55. The number of hydrogen-bond acceptors (Lipinski definition) is 3. The van der Waals surface area contributed by atoms with Crippen molar-refractivity contribution in [2.24, 2.45) is 5.29 Å². The summed E-state index contributed by atoms with van der Waals surface area (Å²) in [5.41, 5.74) is 0.950. The van der Waals surface area contributed by atoms with Crippen LogP contribution < -0.4 is 0 Å². The van der Waals surface area contributed by atoms with Gasteiger partial charge in [0.2, 0.25) is 0 Å². The van der Waals surface area contributed by atoms with E-state index < -0.39 is 0 Å². The van der Waals surface area contributed by atoms with Gasteiger partial charge in [-0.05, 0) is 5.56 Å². The van der Waals surface area contributed by atoms with E-state index in [0.29, 0.717) is 6.54 Å². The van der Waals surface area contributed by atoms with E-state index in [9.17, 15) is 4.91 Å². The monoisotopic (exact) mass is 166 g/mol. The standard InChI is InChI=1S/C8H10N2O2/c11-7-10(9-12)6-8-4-2-1-3-5-8/h1-5,11H,6-7H2. The highest BCUT2D eigenvalue weighted by molar-refractivity contribution is 5.14. The molecule has 0 heterocycles. The van der Waals surface area contributed by atoms with Gasteiger partial charge in [-0.1, -0.05) is 30.3 Å². The molecule has 0 aliphatic carbocycles. The molecule has 0 aliphatic heterocycles. The molecule has 1 aromatic rings. The first-order valence-corrected chi connectivity index (χ1v) is 3.60. The van der Waals surface area contributed by atoms with Crippen LogP contribution in [-0.4, -0.2) is 16.8 Å². The lowest BCUT2D eigenvalue weighted by atomic mass is 10.2. The Labute approximate surface area is 70.4 Å². The maximum Gasteiger partial charge on any atom is 0.135 e. The first kappa shape index (κ1) is 8.67. The van der Waals surface area contributed by atoms with E-state index in [4.69, 9.17) is 5.11 Å². The molecule has 0 radical (unpaired) electrons. The van der Waals surface area contributed by atoms with Gasteiger partial charge in [0.1, 0.15) is 6.73 Å².